The molecule has 5 heteroatoms. The van der Waals surface area contributed by atoms with Crippen LogP contribution in [0.1, 0.15) is 22.1 Å². The first-order chi connectivity index (χ1) is 7.99. The van der Waals surface area contributed by atoms with Crippen LogP contribution >= 0.6 is 22.9 Å². The molecule has 0 saturated carbocycles. The summed E-state index contributed by atoms with van der Waals surface area (Å²) in [5.41, 5.74) is 0.134. The van der Waals surface area contributed by atoms with Gasteiger partial charge in [0.2, 0.25) is 0 Å². The highest BCUT2D eigenvalue weighted by Gasteiger charge is 2.18. The molecule has 0 aliphatic rings. The fraction of sp³-hybridized carbons (Fsp3) is 0.167. The summed E-state index contributed by atoms with van der Waals surface area (Å²) in [7, 11) is 0. The Balaban J connectivity index is 2.43. The summed E-state index contributed by atoms with van der Waals surface area (Å²) in [6, 6.07) is 5.29. The van der Waals surface area contributed by atoms with Crippen LogP contribution in [0.5, 0.6) is 0 Å². The lowest BCUT2D eigenvalue weighted by molar-refractivity contribution is 0.218. The smallest absolute Gasteiger partial charge is 0.129 e. The third-order valence-corrected chi connectivity index (χ3v) is 3.72. The molecule has 1 atom stereocenters. The highest BCUT2D eigenvalue weighted by atomic mass is 35.5. The first-order valence-electron chi connectivity index (χ1n) is 4.88. The Bertz CT molecular complexity index is 553. The van der Waals surface area contributed by atoms with Crippen LogP contribution in [0.2, 0.25) is 4.34 Å². The van der Waals surface area contributed by atoms with Gasteiger partial charge in [-0.1, -0.05) is 11.6 Å². The number of benzene rings is 1. The average molecular weight is 275 g/mol. The van der Waals surface area contributed by atoms with Crippen LogP contribution in [0.15, 0.2) is 24.3 Å². The molecule has 1 heterocycles. The molecular formula is C12H9ClF2OS. The van der Waals surface area contributed by atoms with E-state index in [1.807, 2.05) is 0 Å². The van der Waals surface area contributed by atoms with E-state index in [0.29, 0.717) is 9.21 Å². The van der Waals surface area contributed by atoms with Gasteiger partial charge in [-0.3, -0.25) is 0 Å². The Morgan fingerprint density at radius 2 is 1.94 bits per heavy atom. The van der Waals surface area contributed by atoms with Gasteiger partial charge in [0.25, 0.3) is 0 Å². The van der Waals surface area contributed by atoms with E-state index in [1.54, 1.807) is 12.1 Å². The Hall–Kier alpha value is -0.970. The maximum Gasteiger partial charge on any atom is 0.129 e. The van der Waals surface area contributed by atoms with Gasteiger partial charge >= 0.3 is 0 Å². The van der Waals surface area contributed by atoms with Gasteiger partial charge in [0.15, 0.2) is 0 Å². The van der Waals surface area contributed by atoms with Crippen LogP contribution in [-0.4, -0.2) is 5.11 Å². The molecule has 0 aliphatic heterocycles. The lowest BCUT2D eigenvalue weighted by atomic mass is 10.0. The van der Waals surface area contributed by atoms with E-state index in [9.17, 15) is 13.9 Å². The Morgan fingerprint density at radius 1 is 1.24 bits per heavy atom. The van der Waals surface area contributed by atoms with Crippen molar-refractivity contribution >= 4 is 22.9 Å². The summed E-state index contributed by atoms with van der Waals surface area (Å²) in [6.45, 7) is 1.47. The number of aryl methyl sites for hydroxylation is 1. The number of hydrogen-bond acceptors (Lipinski definition) is 2. The van der Waals surface area contributed by atoms with Gasteiger partial charge in [-0.2, -0.15) is 0 Å². The minimum Gasteiger partial charge on any atom is -0.383 e. The summed E-state index contributed by atoms with van der Waals surface area (Å²) in [6.07, 6.45) is -1.19. The number of hydrogen-bond donors (Lipinski definition) is 1. The quantitative estimate of drug-likeness (QED) is 0.875. The van der Waals surface area contributed by atoms with E-state index in [0.717, 1.165) is 23.5 Å². The highest BCUT2D eigenvalue weighted by Crippen LogP contribution is 2.32. The largest absolute Gasteiger partial charge is 0.383 e. The van der Waals surface area contributed by atoms with Crippen molar-refractivity contribution in [1.82, 2.24) is 0 Å². The van der Waals surface area contributed by atoms with Crippen LogP contribution < -0.4 is 0 Å². The van der Waals surface area contributed by atoms with Gasteiger partial charge in [-0.05, 0) is 36.8 Å². The van der Waals surface area contributed by atoms with Gasteiger partial charge in [-0.25, -0.2) is 8.78 Å². The zero-order chi connectivity index (χ0) is 12.6. The molecule has 1 aromatic carbocycles. The molecule has 0 bridgehead atoms. The average Bonchev–Trinajstić information content (AvgIpc) is 2.69. The van der Waals surface area contributed by atoms with Gasteiger partial charge < -0.3 is 5.11 Å². The zero-order valence-electron chi connectivity index (χ0n) is 8.88. The predicted molar refractivity (Wildman–Crippen MR) is 64.5 cm³/mol. The Morgan fingerprint density at radius 3 is 2.53 bits per heavy atom. The van der Waals surface area contributed by atoms with Crippen LogP contribution in [0.3, 0.4) is 0 Å². The lowest BCUT2D eigenvalue weighted by Crippen LogP contribution is -2.02. The molecule has 0 saturated heterocycles. The number of rotatable bonds is 2. The van der Waals surface area contributed by atoms with Crippen molar-refractivity contribution in [1.29, 1.82) is 0 Å². The lowest BCUT2D eigenvalue weighted by Gasteiger charge is -2.11. The van der Waals surface area contributed by atoms with Crippen LogP contribution in [0.4, 0.5) is 8.78 Å². The highest BCUT2D eigenvalue weighted by molar-refractivity contribution is 7.16. The SMILES string of the molecule is Cc1cc(F)c(C(O)c2ccc(Cl)s2)cc1F. The topological polar surface area (TPSA) is 20.2 Å². The Labute approximate surface area is 106 Å². The summed E-state index contributed by atoms with van der Waals surface area (Å²) >= 11 is 6.86. The van der Waals surface area contributed by atoms with Crippen molar-refractivity contribution < 1.29 is 13.9 Å². The van der Waals surface area contributed by atoms with Gasteiger partial charge in [0.05, 0.1) is 4.34 Å². The van der Waals surface area contributed by atoms with Gasteiger partial charge in [0, 0.05) is 10.4 Å². The number of thiophene rings is 1. The summed E-state index contributed by atoms with van der Waals surface area (Å²) in [5, 5.41) is 9.95. The summed E-state index contributed by atoms with van der Waals surface area (Å²) in [4.78, 5) is 0.483. The molecule has 0 aliphatic carbocycles. The zero-order valence-corrected chi connectivity index (χ0v) is 10.4. The van der Waals surface area contributed by atoms with Crippen molar-refractivity contribution in [3.63, 3.8) is 0 Å². The van der Waals surface area contributed by atoms with Crippen molar-refractivity contribution in [3.8, 4) is 0 Å². The second kappa shape index (κ2) is 4.72. The standard InChI is InChI=1S/C12H9ClF2OS/c1-6-4-9(15)7(5-8(6)14)12(16)10-2-3-11(13)17-10/h2-5,12,16H,1H3. The second-order valence-corrected chi connectivity index (χ2v) is 5.41. The van der Waals surface area contributed by atoms with Crippen LogP contribution in [0, 0.1) is 18.6 Å². The van der Waals surface area contributed by atoms with Crippen LogP contribution in [0.25, 0.3) is 0 Å². The first-order valence-corrected chi connectivity index (χ1v) is 6.07. The molecule has 1 aromatic heterocycles. The van der Waals surface area contributed by atoms with Crippen molar-refractivity contribution in [2.75, 3.05) is 0 Å². The van der Waals surface area contributed by atoms with E-state index < -0.39 is 17.7 Å². The molecule has 90 valence electrons. The summed E-state index contributed by atoms with van der Waals surface area (Å²) < 4.78 is 27.5. The molecule has 0 amide bonds. The second-order valence-electron chi connectivity index (χ2n) is 3.67. The first kappa shape index (κ1) is 12.5. The predicted octanol–water partition coefficient (Wildman–Crippen LogP) is 4.07. The maximum absolute atomic E-state index is 13.6. The van der Waals surface area contributed by atoms with E-state index in [-0.39, 0.29) is 11.1 Å². The maximum atomic E-state index is 13.6. The number of aliphatic hydroxyl groups excluding tert-OH is 1. The molecule has 0 spiro atoms. The number of halogens is 3. The van der Waals surface area contributed by atoms with Crippen molar-refractivity contribution in [2.24, 2.45) is 0 Å². The molecule has 1 unspecified atom stereocenters. The molecule has 0 radical (unpaired) electrons. The molecule has 2 aromatic rings. The minimum atomic E-state index is -1.19. The fourth-order valence-corrected chi connectivity index (χ4v) is 2.57. The third-order valence-electron chi connectivity index (χ3n) is 2.44. The van der Waals surface area contributed by atoms with Crippen molar-refractivity contribution in [3.05, 3.63) is 56.2 Å². The monoisotopic (exact) mass is 274 g/mol. The van der Waals surface area contributed by atoms with E-state index >= 15 is 0 Å². The molecule has 1 nitrogen and oxygen atoms in total. The summed E-state index contributed by atoms with van der Waals surface area (Å²) in [5.74, 6) is -1.16. The minimum absolute atomic E-state index is 0.0772. The van der Waals surface area contributed by atoms with Crippen molar-refractivity contribution in [2.45, 2.75) is 13.0 Å². The third kappa shape index (κ3) is 2.49. The van der Waals surface area contributed by atoms with Gasteiger partial charge in [0.1, 0.15) is 17.7 Å². The molecule has 1 N–H and O–H groups in total. The van der Waals surface area contributed by atoms with Gasteiger partial charge in [-0.15, -0.1) is 11.3 Å². The van der Waals surface area contributed by atoms with E-state index in [1.165, 1.54) is 6.92 Å². The van der Waals surface area contributed by atoms with E-state index in [2.05, 4.69) is 0 Å². The number of aliphatic hydroxyl groups is 1. The molecule has 17 heavy (non-hydrogen) atoms. The Kier molecular flexibility index (Phi) is 3.47. The normalized spacial score (nSPS) is 12.8. The van der Waals surface area contributed by atoms with E-state index in [4.69, 9.17) is 11.6 Å². The molecular weight excluding hydrogens is 266 g/mol. The molecule has 0 fully saturated rings. The fourth-order valence-electron chi connectivity index (χ4n) is 1.50. The molecule has 2 rings (SSSR count). The van der Waals surface area contributed by atoms with Crippen LogP contribution in [-0.2, 0) is 0 Å².